The molecule has 0 spiro atoms. The van der Waals surface area contributed by atoms with E-state index in [4.69, 9.17) is 9.84 Å². The summed E-state index contributed by atoms with van der Waals surface area (Å²) in [6.07, 6.45) is 3.36. The molecule has 0 bridgehead atoms. The molecule has 2 heterocycles. The van der Waals surface area contributed by atoms with Crippen LogP contribution in [0.4, 0.5) is 0 Å². The molecule has 0 radical (unpaired) electrons. The Hall–Kier alpha value is -2.46. The molecule has 0 atom stereocenters. The van der Waals surface area contributed by atoms with Crippen molar-refractivity contribution in [2.75, 3.05) is 0 Å². The van der Waals surface area contributed by atoms with Crippen molar-refractivity contribution >= 4 is 10.9 Å². The lowest BCUT2D eigenvalue weighted by atomic mass is 10.2. The summed E-state index contributed by atoms with van der Waals surface area (Å²) in [5.74, 6) is 1.36. The number of pyridine rings is 2. The number of hydrogen-bond donors (Lipinski definition) is 1. The van der Waals surface area contributed by atoms with Crippen LogP contribution < -0.4 is 4.74 Å². The molecule has 0 amide bonds. The second-order valence-corrected chi connectivity index (χ2v) is 4.10. The lowest BCUT2D eigenvalue weighted by Gasteiger charge is -2.07. The lowest BCUT2D eigenvalue weighted by Crippen LogP contribution is -1.91. The normalized spacial score (nSPS) is 10.6. The molecule has 94 valence electrons. The lowest BCUT2D eigenvalue weighted by molar-refractivity contribution is 0.276. The van der Waals surface area contributed by atoms with Gasteiger partial charge in [0.05, 0.1) is 17.8 Å². The molecule has 19 heavy (non-hydrogen) atoms. The van der Waals surface area contributed by atoms with Gasteiger partial charge in [-0.1, -0.05) is 6.07 Å². The highest BCUT2D eigenvalue weighted by Gasteiger charge is 2.01. The van der Waals surface area contributed by atoms with Crippen molar-refractivity contribution in [1.29, 1.82) is 0 Å². The molecular weight excluding hydrogens is 240 g/mol. The zero-order chi connectivity index (χ0) is 13.1. The Bertz CT molecular complexity index is 713. The SMILES string of the molecule is OCc1cc(Oc2ccc3cccnc3c2)ccn1. The van der Waals surface area contributed by atoms with Crippen LogP contribution in [0.3, 0.4) is 0 Å². The average molecular weight is 252 g/mol. The minimum atomic E-state index is -0.101. The number of fused-ring (bicyclic) bond motifs is 1. The Morgan fingerprint density at radius 1 is 0.947 bits per heavy atom. The molecule has 0 aliphatic rings. The number of nitrogens with zero attached hydrogens (tertiary/aromatic N) is 2. The minimum Gasteiger partial charge on any atom is -0.457 e. The highest BCUT2D eigenvalue weighted by Crippen LogP contribution is 2.24. The molecule has 3 rings (SSSR count). The zero-order valence-electron chi connectivity index (χ0n) is 10.2. The van der Waals surface area contributed by atoms with E-state index in [-0.39, 0.29) is 6.61 Å². The summed E-state index contributed by atoms with van der Waals surface area (Å²) in [5.41, 5.74) is 1.47. The van der Waals surface area contributed by atoms with Gasteiger partial charge in [-0.05, 0) is 24.3 Å². The highest BCUT2D eigenvalue weighted by atomic mass is 16.5. The number of rotatable bonds is 3. The number of ether oxygens (including phenoxy) is 1. The van der Waals surface area contributed by atoms with Crippen LogP contribution in [-0.2, 0) is 6.61 Å². The quantitative estimate of drug-likeness (QED) is 0.778. The molecule has 4 heteroatoms. The van der Waals surface area contributed by atoms with Crippen LogP contribution in [0.1, 0.15) is 5.69 Å². The molecule has 1 aromatic carbocycles. The van der Waals surface area contributed by atoms with Gasteiger partial charge in [-0.2, -0.15) is 0 Å². The van der Waals surface area contributed by atoms with Crippen LogP contribution in [0.2, 0.25) is 0 Å². The number of benzene rings is 1. The molecule has 0 aliphatic heterocycles. The van der Waals surface area contributed by atoms with Gasteiger partial charge in [0.15, 0.2) is 0 Å². The zero-order valence-corrected chi connectivity index (χ0v) is 10.2. The summed E-state index contributed by atoms with van der Waals surface area (Å²) in [5, 5.41) is 10.1. The summed E-state index contributed by atoms with van der Waals surface area (Å²) < 4.78 is 5.74. The second-order valence-electron chi connectivity index (χ2n) is 4.10. The van der Waals surface area contributed by atoms with Gasteiger partial charge in [0, 0.05) is 29.9 Å². The van der Waals surface area contributed by atoms with Crippen molar-refractivity contribution in [1.82, 2.24) is 9.97 Å². The van der Waals surface area contributed by atoms with Crippen molar-refractivity contribution in [2.24, 2.45) is 0 Å². The number of aliphatic hydroxyl groups excluding tert-OH is 1. The Morgan fingerprint density at radius 3 is 2.74 bits per heavy atom. The molecule has 2 aromatic heterocycles. The van der Waals surface area contributed by atoms with Gasteiger partial charge in [0.25, 0.3) is 0 Å². The third-order valence-electron chi connectivity index (χ3n) is 2.76. The van der Waals surface area contributed by atoms with Gasteiger partial charge in [-0.25, -0.2) is 0 Å². The third-order valence-corrected chi connectivity index (χ3v) is 2.76. The van der Waals surface area contributed by atoms with Crippen LogP contribution in [0, 0.1) is 0 Å². The van der Waals surface area contributed by atoms with E-state index < -0.39 is 0 Å². The molecule has 0 fully saturated rings. The van der Waals surface area contributed by atoms with Crippen molar-refractivity contribution in [3.8, 4) is 11.5 Å². The predicted octanol–water partition coefficient (Wildman–Crippen LogP) is 2.91. The Balaban J connectivity index is 1.92. The monoisotopic (exact) mass is 252 g/mol. The first-order valence-corrected chi connectivity index (χ1v) is 5.93. The van der Waals surface area contributed by atoms with Crippen molar-refractivity contribution in [2.45, 2.75) is 6.61 Å². The highest BCUT2D eigenvalue weighted by molar-refractivity contribution is 5.79. The smallest absolute Gasteiger partial charge is 0.130 e. The van der Waals surface area contributed by atoms with Crippen molar-refractivity contribution in [3.05, 3.63) is 60.6 Å². The Morgan fingerprint density at radius 2 is 1.84 bits per heavy atom. The van der Waals surface area contributed by atoms with E-state index in [2.05, 4.69) is 9.97 Å². The fraction of sp³-hybridized carbons (Fsp3) is 0.0667. The van der Waals surface area contributed by atoms with Gasteiger partial charge in [0.1, 0.15) is 11.5 Å². The maximum Gasteiger partial charge on any atom is 0.130 e. The van der Waals surface area contributed by atoms with Crippen LogP contribution in [-0.4, -0.2) is 15.1 Å². The van der Waals surface area contributed by atoms with E-state index >= 15 is 0 Å². The van der Waals surface area contributed by atoms with Gasteiger partial charge in [0.2, 0.25) is 0 Å². The molecule has 1 N–H and O–H groups in total. The summed E-state index contributed by atoms with van der Waals surface area (Å²) in [6.45, 7) is -0.101. The van der Waals surface area contributed by atoms with Crippen molar-refractivity contribution < 1.29 is 9.84 Å². The molecule has 4 nitrogen and oxygen atoms in total. The number of aliphatic hydroxyl groups is 1. The third kappa shape index (κ3) is 2.53. The fourth-order valence-corrected chi connectivity index (χ4v) is 1.85. The van der Waals surface area contributed by atoms with E-state index in [0.29, 0.717) is 17.2 Å². The topological polar surface area (TPSA) is 55.2 Å². The second kappa shape index (κ2) is 5.04. The molecule has 0 saturated heterocycles. The Labute approximate surface area is 110 Å². The molecule has 0 aliphatic carbocycles. The molecule has 3 aromatic rings. The van der Waals surface area contributed by atoms with E-state index in [0.717, 1.165) is 10.9 Å². The molecular formula is C15H12N2O2. The fourth-order valence-electron chi connectivity index (χ4n) is 1.85. The summed E-state index contributed by atoms with van der Waals surface area (Å²) in [6, 6.07) is 13.1. The summed E-state index contributed by atoms with van der Waals surface area (Å²) in [7, 11) is 0. The van der Waals surface area contributed by atoms with Gasteiger partial charge >= 0.3 is 0 Å². The van der Waals surface area contributed by atoms with Crippen LogP contribution >= 0.6 is 0 Å². The van der Waals surface area contributed by atoms with E-state index in [1.54, 1.807) is 24.5 Å². The maximum atomic E-state index is 9.04. The van der Waals surface area contributed by atoms with Crippen molar-refractivity contribution in [3.63, 3.8) is 0 Å². The van der Waals surface area contributed by atoms with Crippen LogP contribution in [0.15, 0.2) is 54.9 Å². The van der Waals surface area contributed by atoms with Crippen LogP contribution in [0.5, 0.6) is 11.5 Å². The first kappa shape index (κ1) is 11.6. The minimum absolute atomic E-state index is 0.101. The van der Waals surface area contributed by atoms with E-state index in [1.807, 2.05) is 30.3 Å². The Kier molecular flexibility index (Phi) is 3.08. The van der Waals surface area contributed by atoms with E-state index in [1.165, 1.54) is 0 Å². The maximum absolute atomic E-state index is 9.04. The van der Waals surface area contributed by atoms with Gasteiger partial charge in [-0.3, -0.25) is 9.97 Å². The molecule has 0 saturated carbocycles. The largest absolute Gasteiger partial charge is 0.457 e. The number of hydrogen-bond acceptors (Lipinski definition) is 4. The summed E-state index contributed by atoms with van der Waals surface area (Å²) >= 11 is 0. The predicted molar refractivity (Wildman–Crippen MR) is 72.0 cm³/mol. The number of aromatic nitrogens is 2. The van der Waals surface area contributed by atoms with E-state index in [9.17, 15) is 0 Å². The average Bonchev–Trinajstić information content (AvgIpc) is 2.47. The first-order chi connectivity index (χ1) is 9.35. The first-order valence-electron chi connectivity index (χ1n) is 5.93. The van der Waals surface area contributed by atoms with Crippen LogP contribution in [0.25, 0.3) is 10.9 Å². The standard InChI is InChI=1S/C15H12N2O2/c18-10-12-8-14(5-7-16-12)19-13-4-3-11-2-1-6-17-15(11)9-13/h1-9,18H,10H2. The van der Waals surface area contributed by atoms with Gasteiger partial charge < -0.3 is 9.84 Å². The van der Waals surface area contributed by atoms with Gasteiger partial charge in [-0.15, -0.1) is 0 Å². The molecule has 0 unspecified atom stereocenters. The summed E-state index contributed by atoms with van der Waals surface area (Å²) in [4.78, 5) is 8.29.